The molecule has 0 saturated carbocycles. The number of aromatic nitrogens is 2. The first-order valence-corrected chi connectivity index (χ1v) is 11.6. The Balaban J connectivity index is 1.52. The molecule has 0 aliphatic heterocycles. The van der Waals surface area contributed by atoms with Crippen LogP contribution in [0.1, 0.15) is 25.5 Å². The van der Waals surface area contributed by atoms with E-state index in [1.165, 1.54) is 5.69 Å². The van der Waals surface area contributed by atoms with Crippen LogP contribution in [0.4, 0.5) is 5.69 Å². The van der Waals surface area contributed by atoms with E-state index in [0.717, 1.165) is 72.3 Å². The van der Waals surface area contributed by atoms with E-state index in [1.54, 1.807) is 7.11 Å². The molecule has 32 heavy (non-hydrogen) atoms. The number of aryl methyl sites for hydroxylation is 1. The highest BCUT2D eigenvalue weighted by atomic mass is 35.5. The number of methoxy groups -OCH3 is 1. The van der Waals surface area contributed by atoms with Crippen LogP contribution in [0.25, 0.3) is 21.8 Å². The number of pyridine rings is 1. The molecule has 1 N–H and O–H groups in total. The Morgan fingerprint density at radius 1 is 1.06 bits per heavy atom. The minimum atomic E-state index is 0.694. The zero-order valence-electron chi connectivity index (χ0n) is 19.1. The first-order valence-electron chi connectivity index (χ1n) is 11.2. The topological polar surface area (TPSA) is 42.3 Å². The van der Waals surface area contributed by atoms with Gasteiger partial charge >= 0.3 is 0 Å². The van der Waals surface area contributed by atoms with E-state index in [-0.39, 0.29) is 0 Å². The number of nitrogens with zero attached hydrogens (tertiary/aromatic N) is 3. The van der Waals surface area contributed by atoms with E-state index in [2.05, 4.69) is 53.2 Å². The minimum Gasteiger partial charge on any atom is -0.497 e. The van der Waals surface area contributed by atoms with Crippen LogP contribution in [0.5, 0.6) is 5.75 Å². The maximum Gasteiger partial charge on any atom is 0.119 e. The molecule has 4 rings (SSSR count). The lowest BCUT2D eigenvalue weighted by Crippen LogP contribution is -2.27. The van der Waals surface area contributed by atoms with Gasteiger partial charge in [0.05, 0.1) is 23.8 Å². The summed E-state index contributed by atoms with van der Waals surface area (Å²) in [6, 6.07) is 16.2. The van der Waals surface area contributed by atoms with Gasteiger partial charge in [-0.2, -0.15) is 0 Å². The Morgan fingerprint density at radius 2 is 1.94 bits per heavy atom. The molecule has 0 saturated heterocycles. The Labute approximate surface area is 195 Å². The van der Waals surface area contributed by atoms with E-state index in [9.17, 15) is 0 Å². The summed E-state index contributed by atoms with van der Waals surface area (Å²) < 4.78 is 7.67. The first-order chi connectivity index (χ1) is 15.6. The van der Waals surface area contributed by atoms with Crippen molar-refractivity contribution in [2.75, 3.05) is 32.1 Å². The largest absolute Gasteiger partial charge is 0.497 e. The standard InChI is InChI=1S/C26H31ClN4O/c1-4-13-31(18-20-7-5-14-30(20)2)15-6-12-28-26-22-10-8-19(27)16-25(22)29-24-11-9-21(32-3)17-23(24)26/h5,7-11,14,16-17H,4,6,12-13,15,18H2,1-3H3,(H,28,29). The van der Waals surface area contributed by atoms with E-state index < -0.39 is 0 Å². The molecule has 0 radical (unpaired) electrons. The van der Waals surface area contributed by atoms with Crippen LogP contribution in [0, 0.1) is 0 Å². The highest BCUT2D eigenvalue weighted by Gasteiger charge is 2.12. The molecule has 0 unspecified atom stereocenters. The van der Waals surface area contributed by atoms with E-state index in [1.807, 2.05) is 30.3 Å². The zero-order chi connectivity index (χ0) is 22.5. The summed E-state index contributed by atoms with van der Waals surface area (Å²) in [4.78, 5) is 7.35. The lowest BCUT2D eigenvalue weighted by Gasteiger charge is -2.22. The summed E-state index contributed by atoms with van der Waals surface area (Å²) >= 11 is 6.24. The second-order valence-electron chi connectivity index (χ2n) is 8.20. The number of anilines is 1. The van der Waals surface area contributed by atoms with Crippen molar-refractivity contribution in [3.63, 3.8) is 0 Å². The number of hydrogen-bond donors (Lipinski definition) is 1. The predicted octanol–water partition coefficient (Wildman–Crippen LogP) is 6.10. The van der Waals surface area contributed by atoms with Gasteiger partial charge in [-0.15, -0.1) is 0 Å². The Bertz CT molecular complexity index is 1200. The van der Waals surface area contributed by atoms with Crippen molar-refractivity contribution in [3.05, 3.63) is 65.4 Å². The fourth-order valence-corrected chi connectivity index (χ4v) is 4.37. The third kappa shape index (κ3) is 5.00. The molecule has 0 fully saturated rings. The van der Waals surface area contributed by atoms with Gasteiger partial charge in [-0.05, 0) is 67.9 Å². The number of nitrogens with one attached hydrogen (secondary N) is 1. The lowest BCUT2D eigenvalue weighted by atomic mass is 10.1. The van der Waals surface area contributed by atoms with Gasteiger partial charge in [0.25, 0.3) is 0 Å². The van der Waals surface area contributed by atoms with Crippen LogP contribution < -0.4 is 10.1 Å². The second kappa shape index (κ2) is 10.2. The van der Waals surface area contributed by atoms with E-state index in [0.29, 0.717) is 5.02 Å². The number of rotatable bonds is 10. The van der Waals surface area contributed by atoms with Crippen molar-refractivity contribution >= 4 is 39.1 Å². The molecule has 4 aromatic rings. The normalized spacial score (nSPS) is 11.5. The summed E-state index contributed by atoms with van der Waals surface area (Å²) in [6.07, 6.45) is 4.31. The van der Waals surface area contributed by atoms with Gasteiger partial charge in [0.2, 0.25) is 0 Å². The number of benzene rings is 2. The third-order valence-corrected chi connectivity index (χ3v) is 6.11. The molecule has 0 bridgehead atoms. The van der Waals surface area contributed by atoms with Gasteiger partial charge in [-0.1, -0.05) is 18.5 Å². The molecule has 6 heteroatoms. The summed E-state index contributed by atoms with van der Waals surface area (Å²) in [5, 5.41) is 6.53. The van der Waals surface area contributed by atoms with E-state index >= 15 is 0 Å². The van der Waals surface area contributed by atoms with Crippen LogP contribution in [0.15, 0.2) is 54.7 Å². The SMILES string of the molecule is CCCN(CCCNc1c2ccc(Cl)cc2nc2ccc(OC)cc12)Cc1cccn1C. The van der Waals surface area contributed by atoms with Gasteiger partial charge in [-0.3, -0.25) is 4.90 Å². The average Bonchev–Trinajstić information content (AvgIpc) is 3.19. The van der Waals surface area contributed by atoms with Crippen molar-refractivity contribution in [1.82, 2.24) is 14.5 Å². The molecule has 5 nitrogen and oxygen atoms in total. The van der Waals surface area contributed by atoms with Crippen molar-refractivity contribution in [2.24, 2.45) is 7.05 Å². The van der Waals surface area contributed by atoms with Gasteiger partial charge in [0.1, 0.15) is 5.75 Å². The third-order valence-electron chi connectivity index (χ3n) is 5.87. The molecule has 0 atom stereocenters. The molecule has 0 aliphatic rings. The highest BCUT2D eigenvalue weighted by Crippen LogP contribution is 2.34. The van der Waals surface area contributed by atoms with Crippen LogP contribution in [0.3, 0.4) is 0 Å². The molecule has 2 aromatic carbocycles. The molecule has 2 aromatic heterocycles. The number of hydrogen-bond acceptors (Lipinski definition) is 4. The molecule has 168 valence electrons. The van der Waals surface area contributed by atoms with Crippen molar-refractivity contribution < 1.29 is 4.74 Å². The van der Waals surface area contributed by atoms with Crippen LogP contribution in [-0.4, -0.2) is 41.2 Å². The van der Waals surface area contributed by atoms with Crippen molar-refractivity contribution in [1.29, 1.82) is 0 Å². The fourth-order valence-electron chi connectivity index (χ4n) is 4.21. The quantitative estimate of drug-likeness (QED) is 0.234. The number of halogens is 1. The Morgan fingerprint density at radius 3 is 2.69 bits per heavy atom. The molecular formula is C26H31ClN4O. The smallest absolute Gasteiger partial charge is 0.119 e. The lowest BCUT2D eigenvalue weighted by molar-refractivity contribution is 0.259. The number of fused-ring (bicyclic) bond motifs is 2. The zero-order valence-corrected chi connectivity index (χ0v) is 19.8. The maximum atomic E-state index is 6.24. The first kappa shape index (κ1) is 22.4. The summed E-state index contributed by atoms with van der Waals surface area (Å²) in [5.74, 6) is 0.826. The monoisotopic (exact) mass is 450 g/mol. The fraction of sp³-hybridized carbons (Fsp3) is 0.346. The average molecular weight is 451 g/mol. The minimum absolute atomic E-state index is 0.694. The van der Waals surface area contributed by atoms with Crippen LogP contribution >= 0.6 is 11.6 Å². The van der Waals surface area contributed by atoms with Gasteiger partial charge in [0, 0.05) is 54.4 Å². The van der Waals surface area contributed by atoms with Gasteiger partial charge in [0.15, 0.2) is 0 Å². The number of ether oxygens (including phenoxy) is 1. The molecular weight excluding hydrogens is 420 g/mol. The maximum absolute atomic E-state index is 6.24. The predicted molar refractivity (Wildman–Crippen MR) is 135 cm³/mol. The second-order valence-corrected chi connectivity index (χ2v) is 8.63. The summed E-state index contributed by atoms with van der Waals surface area (Å²) in [7, 11) is 3.80. The summed E-state index contributed by atoms with van der Waals surface area (Å²) in [6.45, 7) is 6.24. The van der Waals surface area contributed by atoms with Gasteiger partial charge in [-0.25, -0.2) is 4.98 Å². The molecule has 0 spiro atoms. The van der Waals surface area contributed by atoms with Crippen molar-refractivity contribution in [3.8, 4) is 5.75 Å². The molecule has 0 aliphatic carbocycles. The van der Waals surface area contributed by atoms with Crippen LogP contribution in [-0.2, 0) is 13.6 Å². The molecule has 0 amide bonds. The molecule has 2 heterocycles. The highest BCUT2D eigenvalue weighted by molar-refractivity contribution is 6.31. The van der Waals surface area contributed by atoms with Gasteiger partial charge < -0.3 is 14.6 Å². The van der Waals surface area contributed by atoms with Crippen molar-refractivity contribution in [2.45, 2.75) is 26.3 Å². The van der Waals surface area contributed by atoms with E-state index in [4.69, 9.17) is 21.3 Å². The Kier molecular flexibility index (Phi) is 7.18. The van der Waals surface area contributed by atoms with Crippen LogP contribution in [0.2, 0.25) is 5.02 Å². The summed E-state index contributed by atoms with van der Waals surface area (Å²) in [5.41, 5.74) is 4.26. The Hall–Kier alpha value is -2.76.